The Balaban J connectivity index is 0.00000181. The summed E-state index contributed by atoms with van der Waals surface area (Å²) in [6.45, 7) is 3.52. The number of aromatic hydroxyl groups is 2. The lowest BCUT2D eigenvalue weighted by atomic mass is 9.83. The van der Waals surface area contributed by atoms with Crippen LogP contribution in [0.1, 0.15) is 35.6 Å². The number of likely N-dealkylation sites (tertiary alicyclic amines) is 1. The van der Waals surface area contributed by atoms with Gasteiger partial charge in [-0.15, -0.1) is 24.8 Å². The fraction of sp³-hybridized carbons (Fsp3) is 0.500. The predicted octanol–water partition coefficient (Wildman–Crippen LogP) is 3.85. The number of piperidine rings is 1. The molecule has 4 N–H and O–H groups in total. The molecule has 2 aromatic rings. The van der Waals surface area contributed by atoms with E-state index in [0.29, 0.717) is 18.9 Å². The zero-order valence-corrected chi connectivity index (χ0v) is 20.0. The molecule has 2 atom stereocenters. The zero-order valence-electron chi connectivity index (χ0n) is 18.4. The zero-order chi connectivity index (χ0) is 21.1. The van der Waals surface area contributed by atoms with Crippen LogP contribution in [0.25, 0.3) is 0 Å². The Morgan fingerprint density at radius 1 is 1.06 bits per heavy atom. The van der Waals surface area contributed by atoms with Crippen molar-refractivity contribution in [2.75, 3.05) is 33.3 Å². The predicted molar refractivity (Wildman–Crippen MR) is 131 cm³/mol. The fourth-order valence-electron chi connectivity index (χ4n) is 4.78. The summed E-state index contributed by atoms with van der Waals surface area (Å²) in [5.41, 5.74) is 8.97. The number of nitrogens with zero attached hydrogens (tertiary/aromatic N) is 1. The first kappa shape index (κ1) is 26.6. The van der Waals surface area contributed by atoms with Crippen LogP contribution < -0.4 is 10.5 Å². The Morgan fingerprint density at radius 2 is 1.75 bits per heavy atom. The molecule has 6 nitrogen and oxygen atoms in total. The van der Waals surface area contributed by atoms with Crippen LogP contribution in [-0.4, -0.2) is 54.5 Å². The SMILES string of the molecule is COc1ccc(CCN2CCC(C3Cc4c(ccc(O)c4O)C(CN)O3)CC2)cc1.Cl.Cl. The van der Waals surface area contributed by atoms with Gasteiger partial charge < -0.3 is 30.3 Å². The average Bonchev–Trinajstić information content (AvgIpc) is 2.80. The lowest BCUT2D eigenvalue weighted by Gasteiger charge is -2.40. The normalized spacial score (nSPS) is 21.2. The first-order valence-electron chi connectivity index (χ1n) is 10.8. The van der Waals surface area contributed by atoms with Crippen LogP contribution in [0.2, 0.25) is 0 Å². The lowest BCUT2D eigenvalue weighted by Crippen LogP contribution is -2.42. The second-order valence-corrected chi connectivity index (χ2v) is 8.38. The quantitative estimate of drug-likeness (QED) is 0.539. The van der Waals surface area contributed by atoms with E-state index >= 15 is 0 Å². The van der Waals surface area contributed by atoms with E-state index in [9.17, 15) is 10.2 Å². The molecule has 0 aromatic heterocycles. The number of hydrogen-bond acceptors (Lipinski definition) is 6. The van der Waals surface area contributed by atoms with E-state index in [0.717, 1.165) is 55.8 Å². The first-order valence-corrected chi connectivity index (χ1v) is 10.8. The van der Waals surface area contributed by atoms with Gasteiger partial charge in [-0.25, -0.2) is 0 Å². The van der Waals surface area contributed by atoms with E-state index in [-0.39, 0.29) is 48.5 Å². The van der Waals surface area contributed by atoms with Crippen molar-refractivity contribution in [1.29, 1.82) is 0 Å². The van der Waals surface area contributed by atoms with Crippen molar-refractivity contribution in [3.8, 4) is 17.2 Å². The fourth-order valence-corrected chi connectivity index (χ4v) is 4.78. The maximum Gasteiger partial charge on any atom is 0.161 e. The third-order valence-corrected chi connectivity index (χ3v) is 6.64. The number of hydrogen-bond donors (Lipinski definition) is 3. The number of ether oxygens (including phenoxy) is 2. The minimum absolute atomic E-state index is 0. The largest absolute Gasteiger partial charge is 0.504 e. The molecule has 178 valence electrons. The van der Waals surface area contributed by atoms with Crippen LogP contribution in [0, 0.1) is 5.92 Å². The monoisotopic (exact) mass is 484 g/mol. The summed E-state index contributed by atoms with van der Waals surface area (Å²) in [4.78, 5) is 2.52. The maximum atomic E-state index is 10.4. The molecular formula is C24H34Cl2N2O4. The molecular weight excluding hydrogens is 451 g/mol. The molecule has 0 aliphatic carbocycles. The summed E-state index contributed by atoms with van der Waals surface area (Å²) in [6, 6.07) is 11.6. The molecule has 2 aliphatic heterocycles. The third kappa shape index (κ3) is 5.80. The van der Waals surface area contributed by atoms with Crippen LogP contribution >= 0.6 is 24.8 Å². The molecule has 1 fully saturated rings. The van der Waals surface area contributed by atoms with Crippen molar-refractivity contribution >= 4 is 24.8 Å². The van der Waals surface area contributed by atoms with Gasteiger partial charge in [-0.05, 0) is 67.6 Å². The minimum atomic E-state index is -0.224. The number of phenols is 2. The molecule has 4 rings (SSSR count). The highest BCUT2D eigenvalue weighted by Crippen LogP contribution is 2.42. The third-order valence-electron chi connectivity index (χ3n) is 6.64. The average molecular weight is 485 g/mol. The Bertz CT molecular complexity index is 858. The summed E-state index contributed by atoms with van der Waals surface area (Å²) in [6.07, 6.45) is 3.60. The Labute approximate surface area is 202 Å². The Kier molecular flexibility index (Phi) is 9.92. The maximum absolute atomic E-state index is 10.4. The standard InChI is InChI=1S/C24H32N2O4.2ClH/c1-29-18-4-2-16(3-5-18)8-11-26-12-9-17(10-13-26)22-14-20-19(23(15-25)30-22)6-7-21(27)24(20)28;;/h2-7,17,22-23,27-28H,8-15,25H2,1H3;2*1H. The van der Waals surface area contributed by atoms with Crippen LogP contribution in [0.15, 0.2) is 36.4 Å². The van der Waals surface area contributed by atoms with E-state index < -0.39 is 0 Å². The number of benzene rings is 2. The van der Waals surface area contributed by atoms with E-state index in [2.05, 4.69) is 17.0 Å². The molecule has 0 amide bonds. The number of nitrogens with two attached hydrogens (primary N) is 1. The van der Waals surface area contributed by atoms with Crippen molar-refractivity contribution in [3.63, 3.8) is 0 Å². The summed E-state index contributed by atoms with van der Waals surface area (Å²) in [5, 5.41) is 20.3. The topological polar surface area (TPSA) is 88.2 Å². The van der Waals surface area contributed by atoms with Gasteiger partial charge in [0.2, 0.25) is 0 Å². The van der Waals surface area contributed by atoms with E-state index in [1.54, 1.807) is 7.11 Å². The summed E-state index contributed by atoms with van der Waals surface area (Å²) < 4.78 is 11.6. The van der Waals surface area contributed by atoms with Gasteiger partial charge in [-0.2, -0.15) is 0 Å². The highest BCUT2D eigenvalue weighted by Gasteiger charge is 2.35. The van der Waals surface area contributed by atoms with Crippen molar-refractivity contribution in [2.45, 2.75) is 37.9 Å². The van der Waals surface area contributed by atoms with Gasteiger partial charge in [0.05, 0.1) is 19.3 Å². The second-order valence-electron chi connectivity index (χ2n) is 8.38. The van der Waals surface area contributed by atoms with Gasteiger partial charge in [0.15, 0.2) is 11.5 Å². The van der Waals surface area contributed by atoms with E-state index in [1.165, 1.54) is 11.6 Å². The van der Waals surface area contributed by atoms with Crippen molar-refractivity contribution < 1.29 is 19.7 Å². The van der Waals surface area contributed by atoms with E-state index in [4.69, 9.17) is 15.2 Å². The molecule has 8 heteroatoms. The molecule has 0 saturated carbocycles. The van der Waals surface area contributed by atoms with Crippen LogP contribution in [0.5, 0.6) is 17.2 Å². The van der Waals surface area contributed by atoms with Gasteiger partial charge in [-0.1, -0.05) is 18.2 Å². The van der Waals surface area contributed by atoms with Gasteiger partial charge in [0, 0.05) is 25.1 Å². The van der Waals surface area contributed by atoms with Crippen molar-refractivity contribution in [2.24, 2.45) is 11.7 Å². The van der Waals surface area contributed by atoms with Crippen molar-refractivity contribution in [1.82, 2.24) is 4.90 Å². The number of phenolic OH excluding ortho intramolecular Hbond substituents is 2. The smallest absolute Gasteiger partial charge is 0.161 e. The molecule has 2 aromatic carbocycles. The molecule has 0 radical (unpaired) electrons. The van der Waals surface area contributed by atoms with Gasteiger partial charge in [-0.3, -0.25) is 0 Å². The number of methoxy groups -OCH3 is 1. The van der Waals surface area contributed by atoms with Gasteiger partial charge >= 0.3 is 0 Å². The van der Waals surface area contributed by atoms with E-state index in [1.807, 2.05) is 18.2 Å². The molecule has 32 heavy (non-hydrogen) atoms. The van der Waals surface area contributed by atoms with Crippen molar-refractivity contribution in [3.05, 3.63) is 53.1 Å². The summed E-state index contributed by atoms with van der Waals surface area (Å²) >= 11 is 0. The van der Waals surface area contributed by atoms with Gasteiger partial charge in [0.25, 0.3) is 0 Å². The highest BCUT2D eigenvalue weighted by atomic mass is 35.5. The van der Waals surface area contributed by atoms with Crippen LogP contribution in [0.4, 0.5) is 0 Å². The summed E-state index contributed by atoms with van der Waals surface area (Å²) in [7, 11) is 1.69. The molecule has 1 saturated heterocycles. The Hall–Kier alpha value is -1.70. The minimum Gasteiger partial charge on any atom is -0.504 e. The highest BCUT2D eigenvalue weighted by molar-refractivity contribution is 5.85. The second kappa shape index (κ2) is 12.0. The van der Waals surface area contributed by atoms with Crippen LogP contribution in [-0.2, 0) is 17.6 Å². The molecule has 2 aliphatic rings. The summed E-state index contributed by atoms with van der Waals surface area (Å²) in [5.74, 6) is 1.24. The Morgan fingerprint density at radius 3 is 2.38 bits per heavy atom. The molecule has 2 heterocycles. The number of fused-ring (bicyclic) bond motifs is 1. The van der Waals surface area contributed by atoms with Gasteiger partial charge in [0.1, 0.15) is 5.75 Å². The first-order chi connectivity index (χ1) is 14.6. The molecule has 0 bridgehead atoms. The number of rotatable bonds is 6. The number of halogens is 2. The molecule has 0 spiro atoms. The van der Waals surface area contributed by atoms with Crippen LogP contribution in [0.3, 0.4) is 0 Å². The molecule has 2 unspecified atom stereocenters. The lowest BCUT2D eigenvalue weighted by molar-refractivity contribution is -0.0646.